The monoisotopic (exact) mass is 505 g/mol. The molecule has 1 aromatic carbocycles. The molecule has 0 saturated carbocycles. The Morgan fingerprint density at radius 3 is 2.90 bits per heavy atom. The van der Waals surface area contributed by atoms with E-state index in [-0.39, 0.29) is 22.9 Å². The highest BCUT2D eigenvalue weighted by molar-refractivity contribution is 8.01. The van der Waals surface area contributed by atoms with Gasteiger partial charge in [0.2, 0.25) is 11.0 Å². The third kappa shape index (κ3) is 7.86. The number of benzene rings is 1. The third-order valence-corrected chi connectivity index (χ3v) is 6.97. The number of carbonyl (C=O) groups is 2. The minimum atomic E-state index is -0.626. The lowest BCUT2D eigenvalue weighted by atomic mass is 10.2. The first kappa shape index (κ1) is 24.2. The highest BCUT2D eigenvalue weighted by Crippen LogP contribution is 2.25. The highest BCUT2D eigenvalue weighted by Gasteiger charge is 2.21. The van der Waals surface area contributed by atoms with Gasteiger partial charge in [0.15, 0.2) is 4.34 Å². The number of anilines is 1. The van der Waals surface area contributed by atoms with Gasteiger partial charge in [-0.2, -0.15) is 0 Å². The van der Waals surface area contributed by atoms with Gasteiger partial charge < -0.3 is 15.2 Å². The number of hydrogen-bond donors (Lipinski definition) is 3. The van der Waals surface area contributed by atoms with Gasteiger partial charge in [0.1, 0.15) is 6.61 Å². The predicted molar refractivity (Wildman–Crippen MR) is 121 cm³/mol. The van der Waals surface area contributed by atoms with Gasteiger partial charge in [-0.25, -0.2) is 0 Å². The number of aromatic nitrogens is 2. The van der Waals surface area contributed by atoms with Crippen molar-refractivity contribution in [3.63, 3.8) is 0 Å². The van der Waals surface area contributed by atoms with Gasteiger partial charge in [-0.1, -0.05) is 52.4 Å². The van der Waals surface area contributed by atoms with E-state index in [4.69, 9.17) is 33.0 Å². The van der Waals surface area contributed by atoms with Crippen LogP contribution in [0.5, 0.6) is 0 Å². The summed E-state index contributed by atoms with van der Waals surface area (Å²) < 4.78 is 6.31. The maximum absolute atomic E-state index is 12.2. The second-order valence-corrected chi connectivity index (χ2v) is 9.66. The van der Waals surface area contributed by atoms with Crippen molar-refractivity contribution in [1.29, 1.82) is 0 Å². The fourth-order valence-corrected chi connectivity index (χ4v) is 4.75. The Morgan fingerprint density at radius 2 is 2.13 bits per heavy atom. The van der Waals surface area contributed by atoms with Crippen molar-refractivity contribution >= 4 is 63.2 Å². The van der Waals surface area contributed by atoms with Crippen molar-refractivity contribution < 1.29 is 19.4 Å². The maximum Gasteiger partial charge on any atom is 0.251 e. The van der Waals surface area contributed by atoms with Crippen LogP contribution in [0.15, 0.2) is 22.5 Å². The molecule has 9 nitrogen and oxygen atoms in total. The number of aliphatic hydroxyl groups excluding tert-OH is 1. The second-order valence-electron chi connectivity index (χ2n) is 6.65. The molecule has 3 rings (SSSR count). The van der Waals surface area contributed by atoms with Crippen LogP contribution in [0.25, 0.3) is 0 Å². The van der Waals surface area contributed by atoms with E-state index >= 15 is 0 Å². The second kappa shape index (κ2) is 12.0. The van der Waals surface area contributed by atoms with Gasteiger partial charge in [-0.15, -0.1) is 10.2 Å². The zero-order chi connectivity index (χ0) is 22.2. The van der Waals surface area contributed by atoms with E-state index in [9.17, 15) is 9.59 Å². The van der Waals surface area contributed by atoms with Crippen molar-refractivity contribution in [1.82, 2.24) is 20.4 Å². The van der Waals surface area contributed by atoms with Crippen LogP contribution in [0, 0.1) is 0 Å². The van der Waals surface area contributed by atoms with Crippen molar-refractivity contribution in [2.75, 3.05) is 43.9 Å². The smallest absolute Gasteiger partial charge is 0.251 e. The highest BCUT2D eigenvalue weighted by atomic mass is 35.5. The first-order valence-corrected chi connectivity index (χ1v) is 11.9. The number of thioether (sulfide) groups is 1. The number of nitrogens with zero attached hydrogens (tertiary/aromatic N) is 3. The molecule has 0 spiro atoms. The molecular formula is C18H21Cl2N5O4S2. The first-order chi connectivity index (χ1) is 14.9. The normalized spacial score (nSPS) is 16.8. The van der Waals surface area contributed by atoms with E-state index in [0.29, 0.717) is 34.1 Å². The lowest BCUT2D eigenvalue weighted by Crippen LogP contribution is -2.47. The van der Waals surface area contributed by atoms with Crippen molar-refractivity contribution in [3.05, 3.63) is 33.8 Å². The summed E-state index contributed by atoms with van der Waals surface area (Å²) in [4.78, 5) is 25.5. The van der Waals surface area contributed by atoms with Crippen molar-refractivity contribution in [2.45, 2.75) is 17.0 Å². The molecule has 1 saturated heterocycles. The quantitative estimate of drug-likeness (QED) is 0.349. The van der Waals surface area contributed by atoms with E-state index in [1.165, 1.54) is 11.8 Å². The van der Waals surface area contributed by atoms with Crippen molar-refractivity contribution in [2.24, 2.45) is 0 Å². The Hall–Kier alpha value is -1.47. The topological polar surface area (TPSA) is 117 Å². The van der Waals surface area contributed by atoms with Crippen LogP contribution in [-0.4, -0.2) is 76.7 Å². The minimum absolute atomic E-state index is 0.104. The predicted octanol–water partition coefficient (Wildman–Crippen LogP) is 1.89. The van der Waals surface area contributed by atoms with Crippen LogP contribution in [0.2, 0.25) is 10.0 Å². The first-order valence-electron chi connectivity index (χ1n) is 9.34. The Morgan fingerprint density at radius 1 is 1.29 bits per heavy atom. The zero-order valence-corrected chi connectivity index (χ0v) is 19.5. The molecular weight excluding hydrogens is 485 g/mol. The molecule has 2 heterocycles. The summed E-state index contributed by atoms with van der Waals surface area (Å²) in [5, 5.41) is 23.0. The summed E-state index contributed by atoms with van der Waals surface area (Å²) in [6, 6.07) is 5.60. The number of morpholine rings is 1. The van der Waals surface area contributed by atoms with Gasteiger partial charge in [-0.05, 0) is 17.7 Å². The molecule has 0 bridgehead atoms. The molecule has 1 aliphatic rings. The largest absolute Gasteiger partial charge is 0.387 e. The molecule has 1 aliphatic heterocycles. The zero-order valence-electron chi connectivity index (χ0n) is 16.3. The molecule has 168 valence electrons. The van der Waals surface area contributed by atoms with Crippen LogP contribution < -0.4 is 10.6 Å². The fraction of sp³-hybridized carbons (Fsp3) is 0.444. The molecule has 1 aromatic heterocycles. The van der Waals surface area contributed by atoms with Gasteiger partial charge in [-0.3, -0.25) is 19.8 Å². The molecule has 13 heteroatoms. The van der Waals surface area contributed by atoms with Crippen LogP contribution in [-0.2, 0) is 20.9 Å². The van der Waals surface area contributed by atoms with E-state index < -0.39 is 12.5 Å². The van der Waals surface area contributed by atoms with E-state index in [1.54, 1.807) is 6.07 Å². The molecule has 0 aliphatic carbocycles. The number of halogens is 2. The Bertz CT molecular complexity index is 917. The van der Waals surface area contributed by atoms with Crippen LogP contribution in [0.1, 0.15) is 5.56 Å². The van der Waals surface area contributed by atoms with Gasteiger partial charge >= 0.3 is 0 Å². The summed E-state index contributed by atoms with van der Waals surface area (Å²) in [5.41, 5.74) is 1.07. The number of carbonyl (C=O) groups excluding carboxylic acids is 2. The lowest BCUT2D eigenvalue weighted by molar-refractivity contribution is -0.120. The van der Waals surface area contributed by atoms with E-state index in [2.05, 4.69) is 25.7 Å². The average Bonchev–Trinajstić information content (AvgIpc) is 3.21. The van der Waals surface area contributed by atoms with E-state index in [1.807, 2.05) is 12.1 Å². The third-order valence-electron chi connectivity index (χ3n) is 4.26. The number of aliphatic hydroxyl groups is 1. The number of rotatable bonds is 9. The maximum atomic E-state index is 12.2. The van der Waals surface area contributed by atoms with Gasteiger partial charge in [0.05, 0.1) is 28.5 Å². The molecule has 1 unspecified atom stereocenters. The fourth-order valence-electron chi connectivity index (χ4n) is 2.83. The van der Waals surface area contributed by atoms with Crippen LogP contribution in [0.4, 0.5) is 5.13 Å². The standard InChI is InChI=1S/C18H21Cl2N5O4S2/c19-13-2-1-11(5-14(13)20)7-25-3-4-29-12(8-25)6-21-16(28)10-30-18-24-23-17(31-18)22-15(27)9-26/h1-2,5,12,26H,3-4,6-10H2,(H,21,28)(H,22,23,27). The Kier molecular flexibility index (Phi) is 9.32. The lowest BCUT2D eigenvalue weighted by Gasteiger charge is -2.33. The molecule has 31 heavy (non-hydrogen) atoms. The summed E-state index contributed by atoms with van der Waals surface area (Å²) in [5.74, 6) is -0.542. The summed E-state index contributed by atoms with van der Waals surface area (Å²) >= 11 is 14.4. The SMILES string of the molecule is O=C(CSc1nnc(NC(=O)CO)s1)NCC1CN(Cc2ccc(Cl)c(Cl)c2)CCO1. The Balaban J connectivity index is 1.38. The number of ether oxygens (including phenoxy) is 1. The number of amides is 2. The molecule has 2 aromatic rings. The van der Waals surface area contributed by atoms with Gasteiger partial charge in [0.25, 0.3) is 5.91 Å². The summed E-state index contributed by atoms with van der Waals surface area (Å²) in [6.07, 6.45) is -0.104. The van der Waals surface area contributed by atoms with Crippen LogP contribution in [0.3, 0.4) is 0 Å². The Labute approximate surface area is 197 Å². The molecule has 0 radical (unpaired) electrons. The molecule has 3 N–H and O–H groups in total. The molecule has 1 atom stereocenters. The van der Waals surface area contributed by atoms with Gasteiger partial charge in [0, 0.05) is 26.2 Å². The average molecular weight is 506 g/mol. The summed E-state index contributed by atoms with van der Waals surface area (Å²) in [6.45, 7) is 2.59. The van der Waals surface area contributed by atoms with Crippen LogP contribution >= 0.6 is 46.3 Å². The van der Waals surface area contributed by atoms with Crippen molar-refractivity contribution in [3.8, 4) is 0 Å². The summed E-state index contributed by atoms with van der Waals surface area (Å²) in [7, 11) is 0. The molecule has 2 amide bonds. The van der Waals surface area contributed by atoms with E-state index in [0.717, 1.165) is 30.0 Å². The molecule has 1 fully saturated rings. The number of nitrogens with one attached hydrogen (secondary N) is 2. The number of hydrogen-bond acceptors (Lipinski definition) is 9. The minimum Gasteiger partial charge on any atom is -0.387 e.